The molecule has 1 aliphatic heterocycles. The number of carbonyl (C=O) groups excluding carboxylic acids is 4. The van der Waals surface area contributed by atoms with E-state index in [0.717, 1.165) is 38.2 Å². The highest BCUT2D eigenvalue weighted by Gasteiger charge is 2.38. The van der Waals surface area contributed by atoms with Crippen LogP contribution < -0.4 is 10.1 Å². The first kappa shape index (κ1) is 44.7. The minimum atomic E-state index is -1.18. The van der Waals surface area contributed by atoms with Gasteiger partial charge in [-0.05, 0) is 52.5 Å². The molecule has 15 nitrogen and oxygen atoms in total. The van der Waals surface area contributed by atoms with Crippen LogP contribution in [0.25, 0.3) is 10.9 Å². The second kappa shape index (κ2) is 20.9. The van der Waals surface area contributed by atoms with Gasteiger partial charge in [-0.3, -0.25) is 19.3 Å². The number of amides is 4. The van der Waals surface area contributed by atoms with Gasteiger partial charge in [0.25, 0.3) is 5.91 Å². The number of ether oxygens (including phenoxy) is 5. The fourth-order valence-electron chi connectivity index (χ4n) is 6.82. The summed E-state index contributed by atoms with van der Waals surface area (Å²) in [5.41, 5.74) is -0.272. The largest absolute Gasteiger partial charge is 0.487 e. The molecule has 2 unspecified atom stereocenters. The SMILES string of the molecule is CC(C(=O)NC(C(=O)N1CCN(C(=O)c2cc3c(OCCOCCOCCOCCO)c(F)c(F)cc3n2C)CC1)C1CCCCC1)N(C)C(=O)OC(C)(C)C. The summed E-state index contributed by atoms with van der Waals surface area (Å²) in [5, 5.41) is 11.9. The van der Waals surface area contributed by atoms with Crippen molar-refractivity contribution in [2.45, 2.75) is 77.5 Å². The van der Waals surface area contributed by atoms with E-state index in [1.54, 1.807) is 44.5 Å². The summed E-state index contributed by atoms with van der Waals surface area (Å²) in [6, 6.07) is 0.822. The van der Waals surface area contributed by atoms with E-state index in [2.05, 4.69) is 5.32 Å². The molecule has 1 aliphatic carbocycles. The Balaban J connectivity index is 1.37. The fraction of sp³-hybridized carbons (Fsp3) is 0.692. The van der Waals surface area contributed by atoms with Crippen LogP contribution in [-0.2, 0) is 35.6 Å². The molecule has 4 amide bonds. The molecule has 1 aromatic carbocycles. The third-order valence-corrected chi connectivity index (χ3v) is 10.1. The minimum absolute atomic E-state index is 0.0610. The lowest BCUT2D eigenvalue weighted by atomic mass is 9.83. The van der Waals surface area contributed by atoms with E-state index < -0.39 is 41.3 Å². The summed E-state index contributed by atoms with van der Waals surface area (Å²) in [5.74, 6) is -3.76. The minimum Gasteiger partial charge on any atom is -0.487 e. The summed E-state index contributed by atoms with van der Waals surface area (Å²) in [6.45, 7) is 9.07. The maximum Gasteiger partial charge on any atom is 0.410 e. The highest BCUT2D eigenvalue weighted by Crippen LogP contribution is 2.34. The predicted molar refractivity (Wildman–Crippen MR) is 202 cm³/mol. The molecule has 2 atom stereocenters. The van der Waals surface area contributed by atoms with Crippen molar-refractivity contribution in [3.05, 3.63) is 29.5 Å². The Labute approximate surface area is 327 Å². The standard InChI is InChI=1S/C39H59F2N5O10/c1-26(43(5)38(51)56-39(2,3)4)35(48)42-33(27-10-8-7-9-11-27)37(50)46-14-12-45(13-15-46)36(49)31-24-28-30(44(31)6)25-29(40)32(41)34(28)55-23-22-54-21-20-53-19-18-52-17-16-47/h24-27,33,47H,7-23H2,1-6H3,(H,42,48). The average Bonchev–Trinajstić information content (AvgIpc) is 3.50. The molecule has 2 aliphatic rings. The zero-order valence-corrected chi connectivity index (χ0v) is 33.6. The normalized spacial score (nSPS) is 16.4. The van der Waals surface area contributed by atoms with Crippen molar-refractivity contribution < 1.29 is 56.7 Å². The number of hydrogen-bond donors (Lipinski definition) is 2. The van der Waals surface area contributed by atoms with Crippen LogP contribution >= 0.6 is 0 Å². The van der Waals surface area contributed by atoms with Crippen LogP contribution in [0.4, 0.5) is 13.6 Å². The molecule has 314 valence electrons. The fourth-order valence-corrected chi connectivity index (χ4v) is 6.82. The number of aliphatic hydroxyl groups excluding tert-OH is 1. The Bertz CT molecular complexity index is 1640. The first-order valence-electron chi connectivity index (χ1n) is 19.4. The summed E-state index contributed by atoms with van der Waals surface area (Å²) < 4.78 is 58.2. The second-order valence-corrected chi connectivity index (χ2v) is 15.2. The number of aliphatic hydroxyl groups is 1. The molecule has 2 heterocycles. The maximum atomic E-state index is 15.0. The van der Waals surface area contributed by atoms with Gasteiger partial charge in [-0.2, -0.15) is 4.39 Å². The molecule has 17 heteroatoms. The number of benzene rings is 1. The van der Waals surface area contributed by atoms with E-state index in [0.29, 0.717) is 19.8 Å². The van der Waals surface area contributed by atoms with Crippen LogP contribution in [0.5, 0.6) is 5.75 Å². The van der Waals surface area contributed by atoms with Gasteiger partial charge in [-0.25, -0.2) is 9.18 Å². The van der Waals surface area contributed by atoms with Crippen molar-refractivity contribution in [2.24, 2.45) is 13.0 Å². The van der Waals surface area contributed by atoms with E-state index in [4.69, 9.17) is 28.8 Å². The smallest absolute Gasteiger partial charge is 0.410 e. The molecule has 1 saturated carbocycles. The van der Waals surface area contributed by atoms with Crippen molar-refractivity contribution in [1.29, 1.82) is 0 Å². The van der Waals surface area contributed by atoms with Crippen molar-refractivity contribution in [2.75, 3.05) is 86.1 Å². The van der Waals surface area contributed by atoms with Gasteiger partial charge < -0.3 is 48.5 Å². The second-order valence-electron chi connectivity index (χ2n) is 15.2. The Morgan fingerprint density at radius 1 is 0.893 bits per heavy atom. The molecule has 2 fully saturated rings. The molecule has 2 N–H and O–H groups in total. The maximum absolute atomic E-state index is 15.0. The average molecular weight is 796 g/mol. The van der Waals surface area contributed by atoms with Crippen LogP contribution in [0.15, 0.2) is 12.1 Å². The molecule has 0 radical (unpaired) electrons. The van der Waals surface area contributed by atoms with Crippen LogP contribution in [0, 0.1) is 17.6 Å². The molecule has 4 rings (SSSR count). The number of nitrogens with one attached hydrogen (secondary N) is 1. The number of rotatable bonds is 18. The molecule has 1 aromatic heterocycles. The van der Waals surface area contributed by atoms with E-state index in [-0.39, 0.29) is 99.3 Å². The summed E-state index contributed by atoms with van der Waals surface area (Å²) in [4.78, 5) is 58.5. The number of piperazine rings is 1. The lowest BCUT2D eigenvalue weighted by molar-refractivity contribution is -0.140. The van der Waals surface area contributed by atoms with Crippen LogP contribution in [0.2, 0.25) is 0 Å². The van der Waals surface area contributed by atoms with Crippen LogP contribution in [0.3, 0.4) is 0 Å². The van der Waals surface area contributed by atoms with Gasteiger partial charge in [0.1, 0.15) is 30.0 Å². The topological polar surface area (TPSA) is 161 Å². The quantitative estimate of drug-likeness (QED) is 0.214. The van der Waals surface area contributed by atoms with Crippen molar-refractivity contribution in [3.63, 3.8) is 0 Å². The highest BCUT2D eigenvalue weighted by molar-refractivity contribution is 6.00. The molecule has 0 bridgehead atoms. The Kier molecular flexibility index (Phi) is 16.7. The van der Waals surface area contributed by atoms with E-state index in [1.807, 2.05) is 0 Å². The number of carbonyl (C=O) groups is 4. The highest BCUT2D eigenvalue weighted by atomic mass is 19.2. The van der Waals surface area contributed by atoms with Crippen LogP contribution in [-0.4, -0.2) is 152 Å². The Hall–Kier alpha value is -4.06. The molecular weight excluding hydrogens is 736 g/mol. The van der Waals surface area contributed by atoms with Gasteiger partial charge in [0.15, 0.2) is 11.6 Å². The van der Waals surface area contributed by atoms with Gasteiger partial charge in [0.05, 0.1) is 51.8 Å². The third-order valence-electron chi connectivity index (χ3n) is 10.1. The molecule has 2 aromatic rings. The first-order valence-corrected chi connectivity index (χ1v) is 19.4. The number of halogens is 2. The van der Waals surface area contributed by atoms with E-state index in [1.165, 1.54) is 22.6 Å². The summed E-state index contributed by atoms with van der Waals surface area (Å²) in [6.07, 6.45) is 3.86. The molecule has 0 spiro atoms. The van der Waals surface area contributed by atoms with Crippen molar-refractivity contribution in [3.8, 4) is 5.75 Å². The van der Waals surface area contributed by atoms with Gasteiger partial charge in [0.2, 0.25) is 17.6 Å². The van der Waals surface area contributed by atoms with Gasteiger partial charge >= 0.3 is 6.09 Å². The summed E-state index contributed by atoms with van der Waals surface area (Å²) >= 11 is 0. The monoisotopic (exact) mass is 795 g/mol. The van der Waals surface area contributed by atoms with E-state index >= 15 is 4.39 Å². The number of fused-ring (bicyclic) bond motifs is 1. The van der Waals surface area contributed by atoms with Crippen molar-refractivity contribution in [1.82, 2.24) is 24.6 Å². The number of nitrogens with zero attached hydrogens (tertiary/aromatic N) is 4. The lowest BCUT2D eigenvalue weighted by Crippen LogP contribution is -2.59. The van der Waals surface area contributed by atoms with Crippen LogP contribution in [0.1, 0.15) is 70.3 Å². The van der Waals surface area contributed by atoms with Gasteiger partial charge in [-0.1, -0.05) is 19.3 Å². The van der Waals surface area contributed by atoms with Gasteiger partial charge in [0, 0.05) is 51.7 Å². The third kappa shape index (κ3) is 12.0. The van der Waals surface area contributed by atoms with Crippen molar-refractivity contribution >= 4 is 34.7 Å². The lowest BCUT2D eigenvalue weighted by Gasteiger charge is -2.39. The number of aryl methyl sites for hydroxylation is 1. The zero-order valence-electron chi connectivity index (χ0n) is 33.6. The predicted octanol–water partition coefficient (Wildman–Crippen LogP) is 3.48. The zero-order chi connectivity index (χ0) is 41.0. The number of likely N-dealkylation sites (N-methyl/N-ethyl adjacent to an activating group) is 1. The Morgan fingerprint density at radius 2 is 1.46 bits per heavy atom. The molecule has 56 heavy (non-hydrogen) atoms. The molecular formula is C39H59F2N5O10. The molecule has 1 saturated heterocycles. The summed E-state index contributed by atoms with van der Waals surface area (Å²) in [7, 11) is 3.08. The first-order chi connectivity index (χ1) is 26.6. The van der Waals surface area contributed by atoms with Gasteiger partial charge in [-0.15, -0.1) is 0 Å². The number of hydrogen-bond acceptors (Lipinski definition) is 10. The Morgan fingerprint density at radius 3 is 2.05 bits per heavy atom. The van der Waals surface area contributed by atoms with E-state index in [9.17, 15) is 23.6 Å². The number of aromatic nitrogens is 1.